The van der Waals surface area contributed by atoms with E-state index in [2.05, 4.69) is 10.3 Å². The van der Waals surface area contributed by atoms with Gasteiger partial charge in [-0.1, -0.05) is 0 Å². The van der Waals surface area contributed by atoms with Crippen LogP contribution in [0, 0.1) is 17.0 Å². The van der Waals surface area contributed by atoms with Gasteiger partial charge in [-0.25, -0.2) is 0 Å². The van der Waals surface area contributed by atoms with Crippen molar-refractivity contribution in [3.63, 3.8) is 0 Å². The van der Waals surface area contributed by atoms with Crippen molar-refractivity contribution in [1.29, 1.82) is 0 Å². The third kappa shape index (κ3) is 4.06. The molecule has 1 fully saturated rings. The van der Waals surface area contributed by atoms with Gasteiger partial charge in [-0.3, -0.25) is 14.6 Å². The molecular weight excluding hydrogens is 369 g/mol. The van der Waals surface area contributed by atoms with E-state index in [4.69, 9.17) is 5.73 Å². The zero-order valence-corrected chi connectivity index (χ0v) is 15.2. The fourth-order valence-electron chi connectivity index (χ4n) is 2.74. The van der Waals surface area contributed by atoms with E-state index in [1.165, 1.54) is 30.4 Å². The first-order chi connectivity index (χ1) is 12.1. The second-order valence-corrected chi connectivity index (χ2v) is 6.91. The second-order valence-electron chi connectivity index (χ2n) is 6.04. The topological polar surface area (TPSA) is 87.8 Å². The van der Waals surface area contributed by atoms with Gasteiger partial charge in [-0.2, -0.15) is 13.2 Å². The van der Waals surface area contributed by atoms with Gasteiger partial charge in [-0.05, 0) is 17.5 Å². The summed E-state index contributed by atoms with van der Waals surface area (Å²) in [6, 6.07) is 1.37. The van der Waals surface area contributed by atoms with Gasteiger partial charge in [0.2, 0.25) is 11.8 Å². The maximum absolute atomic E-state index is 13.5. The number of hydrogen-bond donors (Lipinski definition) is 2. The van der Waals surface area contributed by atoms with Crippen LogP contribution < -0.4 is 11.1 Å². The minimum atomic E-state index is -3.22. The van der Waals surface area contributed by atoms with E-state index in [0.717, 1.165) is 17.4 Å². The van der Waals surface area contributed by atoms with Crippen LogP contribution in [-0.2, 0) is 9.59 Å². The van der Waals surface area contributed by atoms with Crippen LogP contribution in [0.4, 0.5) is 18.9 Å². The van der Waals surface area contributed by atoms with Crippen molar-refractivity contribution >= 4 is 34.6 Å². The number of aliphatic imine (C=N–C) groups is 1. The van der Waals surface area contributed by atoms with E-state index in [1.54, 1.807) is 0 Å². The minimum Gasteiger partial charge on any atom is -0.402 e. The molecule has 0 spiro atoms. The van der Waals surface area contributed by atoms with Gasteiger partial charge in [0, 0.05) is 39.2 Å². The Kier molecular flexibility index (Phi) is 5.74. The number of thiophene rings is 1. The lowest BCUT2D eigenvalue weighted by Crippen LogP contribution is -2.35. The van der Waals surface area contributed by atoms with Gasteiger partial charge in [0.25, 0.3) is 5.92 Å². The molecule has 1 aromatic rings. The number of allylic oxidation sites excluding steroid dienone is 1. The number of nitrogens with zero attached hydrogens (tertiary/aromatic N) is 2. The summed E-state index contributed by atoms with van der Waals surface area (Å²) in [5, 5.41) is 3.21. The highest BCUT2D eigenvalue weighted by atomic mass is 32.1. The van der Waals surface area contributed by atoms with E-state index >= 15 is 0 Å². The Labute approximate surface area is 152 Å². The molecule has 2 amide bonds. The number of nitrogens with one attached hydrogen (secondary N) is 1. The van der Waals surface area contributed by atoms with Gasteiger partial charge in [0.05, 0.1) is 5.69 Å². The summed E-state index contributed by atoms with van der Waals surface area (Å²) in [4.78, 5) is 29.6. The number of anilines is 1. The molecule has 0 radical (unpaired) electrons. The molecule has 1 aliphatic heterocycles. The Morgan fingerprint density at radius 1 is 1.54 bits per heavy atom. The summed E-state index contributed by atoms with van der Waals surface area (Å²) in [7, 11) is 2.68. The van der Waals surface area contributed by atoms with Crippen LogP contribution in [0.1, 0.15) is 6.92 Å². The van der Waals surface area contributed by atoms with Crippen molar-refractivity contribution in [3.8, 4) is 0 Å². The van der Waals surface area contributed by atoms with Crippen molar-refractivity contribution < 1.29 is 22.8 Å². The summed E-state index contributed by atoms with van der Waals surface area (Å²) >= 11 is 0.800. The molecule has 2 heterocycles. The molecule has 1 saturated heterocycles. The van der Waals surface area contributed by atoms with E-state index in [9.17, 15) is 22.8 Å². The Balaban J connectivity index is 2.30. The van der Waals surface area contributed by atoms with Gasteiger partial charge in [-0.15, -0.1) is 11.3 Å². The molecule has 0 aromatic carbocycles. The van der Waals surface area contributed by atoms with Crippen LogP contribution in [0.2, 0.25) is 0 Å². The fourth-order valence-corrected chi connectivity index (χ4v) is 3.31. The molecule has 0 bridgehead atoms. The maximum Gasteiger partial charge on any atom is 0.286 e. The lowest BCUT2D eigenvalue weighted by molar-refractivity contribution is -0.135. The SMILES string of the molecule is CN=C(/C=C(\N)[C@H]1CN(C)C(=O)[C@@H]1C(=O)Nc1ccsc1F)C(C)(F)F. The monoisotopic (exact) mass is 388 g/mol. The molecule has 0 saturated carbocycles. The molecule has 2 atom stereocenters. The number of carbonyl (C=O) groups excluding carboxylic acids is 2. The van der Waals surface area contributed by atoms with Crippen LogP contribution in [0.5, 0.6) is 0 Å². The summed E-state index contributed by atoms with van der Waals surface area (Å²) in [6.07, 6.45) is 0.989. The van der Waals surface area contributed by atoms with Gasteiger partial charge in [0.1, 0.15) is 11.6 Å². The zero-order valence-electron chi connectivity index (χ0n) is 14.4. The first-order valence-corrected chi connectivity index (χ1v) is 8.55. The summed E-state index contributed by atoms with van der Waals surface area (Å²) in [5.41, 5.74) is 5.27. The van der Waals surface area contributed by atoms with Gasteiger partial charge in [0.15, 0.2) is 5.13 Å². The average Bonchev–Trinajstić information content (AvgIpc) is 3.07. The number of amides is 2. The molecule has 10 heteroatoms. The van der Waals surface area contributed by atoms with Crippen LogP contribution in [0.25, 0.3) is 0 Å². The van der Waals surface area contributed by atoms with Crippen LogP contribution >= 0.6 is 11.3 Å². The molecule has 0 aliphatic carbocycles. The molecule has 6 nitrogen and oxygen atoms in total. The predicted molar refractivity (Wildman–Crippen MR) is 93.8 cm³/mol. The van der Waals surface area contributed by atoms with Crippen molar-refractivity contribution in [2.45, 2.75) is 12.8 Å². The predicted octanol–water partition coefficient (Wildman–Crippen LogP) is 2.10. The van der Waals surface area contributed by atoms with Gasteiger partial charge < -0.3 is 16.0 Å². The van der Waals surface area contributed by atoms with Crippen molar-refractivity contribution in [3.05, 3.63) is 28.4 Å². The third-order valence-corrected chi connectivity index (χ3v) is 4.79. The van der Waals surface area contributed by atoms with E-state index in [1.807, 2.05) is 0 Å². The van der Waals surface area contributed by atoms with Gasteiger partial charge >= 0.3 is 0 Å². The number of nitrogens with two attached hydrogens (primary N) is 1. The molecule has 2 rings (SSSR count). The number of halogens is 3. The highest BCUT2D eigenvalue weighted by Gasteiger charge is 2.45. The summed E-state index contributed by atoms with van der Waals surface area (Å²) in [5.74, 6) is -6.53. The number of hydrogen-bond acceptors (Lipinski definition) is 5. The first kappa shape index (κ1) is 20.0. The standard InChI is InChI=1S/C16H19F3N4O2S/c1-16(18,19)11(21-2)6-9(20)8-7-23(3)15(25)12(8)14(24)22-10-4-5-26-13(10)17/h4-6,8,12H,7,20H2,1-3H3,(H,22,24)/b9-6-,21-11?/t8-,12+/m1/s1. The first-order valence-electron chi connectivity index (χ1n) is 7.67. The number of carbonyl (C=O) groups is 2. The fraction of sp³-hybridized carbons (Fsp3) is 0.438. The lowest BCUT2D eigenvalue weighted by atomic mass is 9.90. The molecule has 1 aliphatic rings. The van der Waals surface area contributed by atoms with Crippen LogP contribution in [0.3, 0.4) is 0 Å². The van der Waals surface area contributed by atoms with Crippen molar-refractivity contribution in [2.75, 3.05) is 26.0 Å². The highest BCUT2D eigenvalue weighted by molar-refractivity contribution is 7.08. The highest BCUT2D eigenvalue weighted by Crippen LogP contribution is 2.31. The average molecular weight is 388 g/mol. The zero-order chi connectivity index (χ0) is 19.6. The Bertz CT molecular complexity index is 770. The molecule has 0 unspecified atom stereocenters. The number of likely N-dealkylation sites (tertiary alicyclic amines) is 1. The van der Waals surface area contributed by atoms with E-state index in [-0.39, 0.29) is 17.9 Å². The largest absolute Gasteiger partial charge is 0.402 e. The number of rotatable bonds is 5. The smallest absolute Gasteiger partial charge is 0.286 e. The third-order valence-electron chi connectivity index (χ3n) is 4.10. The molecular formula is C16H19F3N4O2S. The summed E-state index contributed by atoms with van der Waals surface area (Å²) in [6.45, 7) is 0.756. The normalized spacial score (nSPS) is 22.1. The minimum absolute atomic E-state index is 0.0421. The van der Waals surface area contributed by atoms with E-state index < -0.39 is 40.4 Å². The van der Waals surface area contributed by atoms with Crippen LogP contribution in [-0.4, -0.2) is 49.0 Å². The number of alkyl halides is 2. The second kappa shape index (κ2) is 7.48. The van der Waals surface area contributed by atoms with Crippen molar-refractivity contribution in [1.82, 2.24) is 4.90 Å². The van der Waals surface area contributed by atoms with Crippen LogP contribution in [0.15, 0.2) is 28.2 Å². The Hall–Kier alpha value is -2.36. The van der Waals surface area contributed by atoms with Crippen molar-refractivity contribution in [2.24, 2.45) is 22.6 Å². The molecule has 142 valence electrons. The molecule has 26 heavy (non-hydrogen) atoms. The summed E-state index contributed by atoms with van der Waals surface area (Å²) < 4.78 is 40.6. The molecule has 1 aromatic heterocycles. The quantitative estimate of drug-likeness (QED) is 0.598. The van der Waals surface area contributed by atoms with E-state index in [0.29, 0.717) is 6.92 Å². The Morgan fingerprint density at radius 2 is 2.19 bits per heavy atom. The molecule has 3 N–H and O–H groups in total. The maximum atomic E-state index is 13.5. The lowest BCUT2D eigenvalue weighted by Gasteiger charge is -2.18. The Morgan fingerprint density at radius 3 is 2.69 bits per heavy atom.